The van der Waals surface area contributed by atoms with Crippen molar-refractivity contribution in [2.45, 2.75) is 50.3 Å². The van der Waals surface area contributed by atoms with E-state index >= 15 is 0 Å². The first-order valence-corrected chi connectivity index (χ1v) is 10.2. The average molecular weight is 407 g/mol. The van der Waals surface area contributed by atoms with Crippen LogP contribution in [0.15, 0.2) is 0 Å². The second-order valence-corrected chi connectivity index (χ2v) is 7.06. The van der Waals surface area contributed by atoms with E-state index in [0.29, 0.717) is 57.9 Å². The molecule has 0 spiro atoms. The van der Waals surface area contributed by atoms with Crippen LogP contribution < -0.4 is 10.6 Å². The van der Waals surface area contributed by atoms with Gasteiger partial charge in [0.05, 0.1) is 39.6 Å². The van der Waals surface area contributed by atoms with Gasteiger partial charge in [-0.1, -0.05) is 6.92 Å². The molecule has 27 heavy (non-hydrogen) atoms. The molecule has 2 amide bonds. The van der Waals surface area contributed by atoms with E-state index in [0.717, 1.165) is 25.7 Å². The van der Waals surface area contributed by atoms with Gasteiger partial charge in [-0.05, 0) is 25.7 Å². The number of thiol groups is 1. The van der Waals surface area contributed by atoms with Gasteiger partial charge in [0.25, 0.3) is 0 Å². The van der Waals surface area contributed by atoms with Crippen molar-refractivity contribution in [2.75, 3.05) is 52.8 Å². The van der Waals surface area contributed by atoms with E-state index in [1.807, 2.05) is 6.92 Å². The van der Waals surface area contributed by atoms with Crippen LogP contribution in [0, 0.1) is 0 Å². The van der Waals surface area contributed by atoms with Crippen molar-refractivity contribution in [3.8, 4) is 0 Å². The van der Waals surface area contributed by atoms with Gasteiger partial charge in [0.2, 0.25) is 5.91 Å². The highest BCUT2D eigenvalue weighted by atomic mass is 32.1. The van der Waals surface area contributed by atoms with Crippen LogP contribution in [-0.4, -0.2) is 76.1 Å². The van der Waals surface area contributed by atoms with E-state index < -0.39 is 0 Å². The van der Waals surface area contributed by atoms with E-state index in [1.54, 1.807) is 0 Å². The average Bonchev–Trinajstić information content (AvgIpc) is 2.67. The number of alkyl carbamates (subject to hydrolysis) is 1. The third-order valence-electron chi connectivity index (χ3n) is 4.11. The number of rotatable bonds is 14. The Bertz CT molecular complexity index is 405. The molecule has 0 saturated heterocycles. The number of amides is 2. The molecule has 0 radical (unpaired) electrons. The Morgan fingerprint density at radius 3 is 2.04 bits per heavy atom. The maximum absolute atomic E-state index is 11.7. The van der Waals surface area contributed by atoms with Crippen molar-refractivity contribution in [1.82, 2.24) is 10.6 Å². The minimum atomic E-state index is -0.385. The predicted octanol–water partition coefficient (Wildman–Crippen LogP) is 1.53. The fourth-order valence-electron chi connectivity index (χ4n) is 2.55. The second kappa shape index (κ2) is 16.0. The van der Waals surface area contributed by atoms with Crippen molar-refractivity contribution in [1.29, 1.82) is 0 Å². The SMILES string of the molecule is CCC(=O)NCCOCCOCCOCCOC(=O)NC1CCC(S)CC1. The van der Waals surface area contributed by atoms with Crippen molar-refractivity contribution < 1.29 is 28.5 Å². The van der Waals surface area contributed by atoms with E-state index in [1.165, 1.54) is 0 Å². The Kier molecular flexibility index (Phi) is 14.2. The van der Waals surface area contributed by atoms with Crippen LogP contribution in [0.1, 0.15) is 39.0 Å². The van der Waals surface area contributed by atoms with E-state index in [4.69, 9.17) is 18.9 Å². The lowest BCUT2D eigenvalue weighted by atomic mass is 9.95. The van der Waals surface area contributed by atoms with Gasteiger partial charge in [-0.15, -0.1) is 0 Å². The summed E-state index contributed by atoms with van der Waals surface area (Å²) in [5.41, 5.74) is 0. The van der Waals surface area contributed by atoms with E-state index in [9.17, 15) is 9.59 Å². The molecule has 9 heteroatoms. The Morgan fingerprint density at radius 2 is 1.44 bits per heavy atom. The smallest absolute Gasteiger partial charge is 0.407 e. The first kappa shape index (κ1) is 24.0. The highest BCUT2D eigenvalue weighted by Crippen LogP contribution is 2.22. The Labute approximate surface area is 167 Å². The molecule has 0 bridgehead atoms. The normalized spacial score (nSPS) is 19.5. The topological polar surface area (TPSA) is 95.1 Å². The van der Waals surface area contributed by atoms with E-state index in [-0.39, 0.29) is 24.6 Å². The standard InChI is InChI=1S/C18H34N2O6S/c1-2-17(21)19-7-8-23-9-10-24-11-12-25-13-14-26-18(22)20-15-3-5-16(27)6-4-15/h15-16,27H,2-14H2,1H3,(H,19,21)(H,20,22). The molecule has 0 heterocycles. The zero-order valence-electron chi connectivity index (χ0n) is 16.2. The summed E-state index contributed by atoms with van der Waals surface area (Å²) in [5, 5.41) is 6.06. The first-order valence-electron chi connectivity index (χ1n) is 9.73. The Morgan fingerprint density at radius 1 is 0.889 bits per heavy atom. The third-order valence-corrected chi connectivity index (χ3v) is 4.63. The molecule has 8 nitrogen and oxygen atoms in total. The number of hydrogen-bond donors (Lipinski definition) is 3. The minimum Gasteiger partial charge on any atom is -0.447 e. The van der Waals surface area contributed by atoms with Crippen LogP contribution in [-0.2, 0) is 23.7 Å². The van der Waals surface area contributed by atoms with Crippen molar-refractivity contribution in [2.24, 2.45) is 0 Å². The summed E-state index contributed by atoms with van der Waals surface area (Å²) in [4.78, 5) is 22.7. The largest absolute Gasteiger partial charge is 0.447 e. The molecule has 1 aliphatic rings. The fourth-order valence-corrected chi connectivity index (χ4v) is 2.85. The van der Waals surface area contributed by atoms with Gasteiger partial charge in [0.15, 0.2) is 0 Å². The van der Waals surface area contributed by atoms with Gasteiger partial charge < -0.3 is 29.6 Å². The molecule has 1 saturated carbocycles. The van der Waals surface area contributed by atoms with Crippen LogP contribution in [0.3, 0.4) is 0 Å². The lowest BCUT2D eigenvalue weighted by Crippen LogP contribution is -2.38. The summed E-state index contributed by atoms with van der Waals surface area (Å²) in [5.74, 6) is 0.0223. The van der Waals surface area contributed by atoms with E-state index in [2.05, 4.69) is 23.3 Å². The molecule has 1 fully saturated rings. The molecule has 0 atom stereocenters. The van der Waals surface area contributed by atoms with Crippen LogP contribution in [0.5, 0.6) is 0 Å². The summed E-state index contributed by atoms with van der Waals surface area (Å²) in [6.07, 6.45) is 4.05. The number of carbonyl (C=O) groups is 2. The molecule has 1 rings (SSSR count). The highest BCUT2D eigenvalue weighted by Gasteiger charge is 2.20. The highest BCUT2D eigenvalue weighted by molar-refractivity contribution is 7.80. The molecular formula is C18H34N2O6S. The molecule has 0 aliphatic heterocycles. The monoisotopic (exact) mass is 406 g/mol. The number of ether oxygens (including phenoxy) is 4. The van der Waals surface area contributed by atoms with Crippen molar-refractivity contribution in [3.63, 3.8) is 0 Å². The molecule has 1 aliphatic carbocycles. The molecule has 2 N–H and O–H groups in total. The number of hydrogen-bond acceptors (Lipinski definition) is 7. The van der Waals surface area contributed by atoms with Gasteiger partial charge in [0, 0.05) is 24.3 Å². The molecular weight excluding hydrogens is 372 g/mol. The predicted molar refractivity (Wildman–Crippen MR) is 105 cm³/mol. The zero-order valence-corrected chi connectivity index (χ0v) is 17.1. The molecule has 0 aromatic carbocycles. The van der Waals surface area contributed by atoms with Gasteiger partial charge in [0.1, 0.15) is 6.61 Å². The summed E-state index contributed by atoms with van der Waals surface area (Å²) in [7, 11) is 0. The molecule has 0 aromatic rings. The number of carbonyl (C=O) groups excluding carboxylic acids is 2. The summed E-state index contributed by atoms with van der Waals surface area (Å²) >= 11 is 4.44. The Balaban J connectivity index is 1.78. The fraction of sp³-hybridized carbons (Fsp3) is 0.889. The van der Waals surface area contributed by atoms with Crippen LogP contribution in [0.2, 0.25) is 0 Å². The van der Waals surface area contributed by atoms with Gasteiger partial charge >= 0.3 is 6.09 Å². The molecule has 0 unspecified atom stereocenters. The first-order chi connectivity index (χ1) is 13.1. The second-order valence-electron chi connectivity index (χ2n) is 6.33. The lowest BCUT2D eigenvalue weighted by Gasteiger charge is -2.26. The van der Waals surface area contributed by atoms with Gasteiger partial charge in [-0.25, -0.2) is 4.79 Å². The van der Waals surface area contributed by atoms with Gasteiger partial charge in [-0.3, -0.25) is 4.79 Å². The van der Waals surface area contributed by atoms with Crippen molar-refractivity contribution >= 4 is 24.6 Å². The summed E-state index contributed by atoms with van der Waals surface area (Å²) < 4.78 is 21.1. The van der Waals surface area contributed by atoms with Crippen LogP contribution >= 0.6 is 12.6 Å². The number of nitrogens with one attached hydrogen (secondary N) is 2. The van der Waals surface area contributed by atoms with Crippen LogP contribution in [0.25, 0.3) is 0 Å². The summed E-state index contributed by atoms with van der Waals surface area (Å²) in [6.45, 7) is 5.19. The Hall–Kier alpha value is -1.03. The quantitative estimate of drug-likeness (QED) is 0.299. The third kappa shape index (κ3) is 13.7. The summed E-state index contributed by atoms with van der Waals surface area (Å²) in [6, 6.07) is 0.195. The maximum Gasteiger partial charge on any atom is 0.407 e. The molecule has 158 valence electrons. The zero-order chi connectivity index (χ0) is 19.7. The minimum absolute atomic E-state index is 0.0223. The molecule has 0 aromatic heterocycles. The lowest BCUT2D eigenvalue weighted by molar-refractivity contribution is -0.121. The van der Waals surface area contributed by atoms with Crippen molar-refractivity contribution in [3.05, 3.63) is 0 Å². The maximum atomic E-state index is 11.7. The van der Waals surface area contributed by atoms with Crippen LogP contribution in [0.4, 0.5) is 4.79 Å². The van der Waals surface area contributed by atoms with Gasteiger partial charge in [-0.2, -0.15) is 12.6 Å².